The van der Waals surface area contributed by atoms with Crippen molar-refractivity contribution in [2.75, 3.05) is 0 Å². The Morgan fingerprint density at radius 2 is 1.94 bits per heavy atom. The second kappa shape index (κ2) is 9.20. The van der Waals surface area contributed by atoms with Crippen LogP contribution in [0.5, 0.6) is 5.75 Å². The fourth-order valence-electron chi connectivity index (χ4n) is 3.86. The van der Waals surface area contributed by atoms with Gasteiger partial charge < -0.3 is 14.2 Å². The van der Waals surface area contributed by atoms with E-state index < -0.39 is 0 Å². The van der Waals surface area contributed by atoms with E-state index in [4.69, 9.17) is 14.2 Å². The molecule has 5 rings (SSSR count). The molecule has 0 fully saturated rings. The molecular weight excluding hydrogens is 419 g/mol. The van der Waals surface area contributed by atoms with Gasteiger partial charge in [-0.15, -0.1) is 0 Å². The van der Waals surface area contributed by atoms with Crippen LogP contribution in [-0.2, 0) is 16.1 Å². The molecule has 2 aromatic carbocycles. The second-order valence-electron chi connectivity index (χ2n) is 7.85. The minimum atomic E-state index is -0.377. The van der Waals surface area contributed by atoms with Gasteiger partial charge in [0, 0.05) is 11.3 Å². The van der Waals surface area contributed by atoms with E-state index in [0.29, 0.717) is 40.7 Å². The zero-order valence-electron chi connectivity index (χ0n) is 18.2. The number of H-pyrrole nitrogens is 1. The number of aromatic nitrogens is 2. The molecule has 1 N–H and O–H groups in total. The number of hydrogen-bond donors (Lipinski definition) is 1. The Balaban J connectivity index is 1.47. The lowest BCUT2D eigenvalue weighted by molar-refractivity contribution is 0.285. The summed E-state index contributed by atoms with van der Waals surface area (Å²) in [5.74, 6) is 1.31. The lowest BCUT2D eigenvalue weighted by Gasteiger charge is -2.20. The first-order chi connectivity index (χ1) is 16.2. The molecule has 3 aromatic rings. The molecule has 1 aromatic heterocycles. The van der Waals surface area contributed by atoms with E-state index in [-0.39, 0.29) is 5.82 Å². The van der Waals surface area contributed by atoms with Crippen molar-refractivity contribution < 1.29 is 18.6 Å². The number of nitrogens with one attached hydrogen (secondary N) is 1. The van der Waals surface area contributed by atoms with Crippen molar-refractivity contribution in [3.8, 4) is 17.0 Å². The average Bonchev–Trinajstić information content (AvgIpc) is 3.25. The van der Waals surface area contributed by atoms with Gasteiger partial charge >= 0.3 is 0 Å². The van der Waals surface area contributed by atoms with Gasteiger partial charge in [0.15, 0.2) is 11.5 Å². The molecule has 0 radical (unpaired) electrons. The highest BCUT2D eigenvalue weighted by Crippen LogP contribution is 2.39. The number of ether oxygens (including phenoxy) is 3. The van der Waals surface area contributed by atoms with Crippen molar-refractivity contribution in [1.29, 1.82) is 0 Å². The summed E-state index contributed by atoms with van der Waals surface area (Å²) in [7, 11) is 0. The van der Waals surface area contributed by atoms with E-state index in [9.17, 15) is 4.39 Å². The summed E-state index contributed by atoms with van der Waals surface area (Å²) in [5, 5.41) is 7.46. The molecule has 166 valence electrons. The maximum Gasteiger partial charge on any atom is 0.173 e. The van der Waals surface area contributed by atoms with Gasteiger partial charge in [0.2, 0.25) is 0 Å². The van der Waals surface area contributed by atoms with Gasteiger partial charge in [0.25, 0.3) is 0 Å². The normalized spacial score (nSPS) is 15.2. The first-order valence-electron chi connectivity index (χ1n) is 10.8. The third-order valence-electron chi connectivity index (χ3n) is 5.53. The predicted octanol–water partition coefficient (Wildman–Crippen LogP) is 6.57. The highest BCUT2D eigenvalue weighted by Gasteiger charge is 2.25. The number of rotatable bonds is 6. The molecule has 2 heterocycles. The van der Waals surface area contributed by atoms with Gasteiger partial charge in [-0.1, -0.05) is 48.6 Å². The summed E-state index contributed by atoms with van der Waals surface area (Å²) in [6, 6.07) is 14.3. The average molecular weight is 442 g/mol. The van der Waals surface area contributed by atoms with Gasteiger partial charge in [-0.2, -0.15) is 5.10 Å². The van der Waals surface area contributed by atoms with Crippen molar-refractivity contribution in [3.05, 3.63) is 113 Å². The van der Waals surface area contributed by atoms with Crippen molar-refractivity contribution in [2.24, 2.45) is 0 Å². The Kier molecular flexibility index (Phi) is 5.81. The third-order valence-corrected chi connectivity index (χ3v) is 5.53. The Hall–Kier alpha value is -4.06. The summed E-state index contributed by atoms with van der Waals surface area (Å²) >= 11 is 0. The van der Waals surface area contributed by atoms with E-state index in [0.717, 1.165) is 29.7 Å². The minimum absolute atomic E-state index is 0.356. The molecule has 0 saturated carbocycles. The van der Waals surface area contributed by atoms with Crippen molar-refractivity contribution in [1.82, 2.24) is 10.2 Å². The summed E-state index contributed by atoms with van der Waals surface area (Å²) < 4.78 is 32.2. The molecule has 1 aliphatic carbocycles. The van der Waals surface area contributed by atoms with Crippen LogP contribution in [0.2, 0.25) is 0 Å². The molecule has 2 aliphatic rings. The van der Waals surface area contributed by atoms with E-state index in [1.165, 1.54) is 18.4 Å². The van der Waals surface area contributed by atoms with Crippen LogP contribution in [-0.4, -0.2) is 10.2 Å². The van der Waals surface area contributed by atoms with Crippen molar-refractivity contribution in [3.63, 3.8) is 0 Å². The molecule has 5 nitrogen and oxygen atoms in total. The molecule has 0 spiro atoms. The topological polar surface area (TPSA) is 56.4 Å². The van der Waals surface area contributed by atoms with Gasteiger partial charge in [-0.25, -0.2) is 4.39 Å². The quantitative estimate of drug-likeness (QED) is 0.469. The molecular formula is C27H23FN2O3. The summed E-state index contributed by atoms with van der Waals surface area (Å²) in [5.41, 5.74) is 4.61. The lowest BCUT2D eigenvalue weighted by Crippen LogP contribution is -2.05. The van der Waals surface area contributed by atoms with Crippen LogP contribution >= 0.6 is 0 Å². The van der Waals surface area contributed by atoms with E-state index in [1.807, 2.05) is 49.4 Å². The summed E-state index contributed by atoms with van der Waals surface area (Å²) in [6.45, 7) is 2.25. The van der Waals surface area contributed by atoms with Crippen LogP contribution in [0.1, 0.15) is 29.7 Å². The SMILES string of the molecule is Cc1[nH]nc(-c2cc(F)ccc2OCc2ccccc2)c1C1=COC=C(C2=CC=CCC2)O1. The number of aromatic amines is 1. The second-order valence-corrected chi connectivity index (χ2v) is 7.85. The molecule has 1 aliphatic heterocycles. The lowest BCUT2D eigenvalue weighted by atomic mass is 10.0. The first-order valence-corrected chi connectivity index (χ1v) is 10.8. The Labute approximate surface area is 191 Å². The third kappa shape index (κ3) is 4.46. The highest BCUT2D eigenvalue weighted by molar-refractivity contribution is 5.81. The largest absolute Gasteiger partial charge is 0.488 e. The van der Waals surface area contributed by atoms with Gasteiger partial charge in [0.05, 0.1) is 5.56 Å². The molecule has 0 saturated heterocycles. The minimum Gasteiger partial charge on any atom is -0.488 e. The molecule has 0 bridgehead atoms. The van der Waals surface area contributed by atoms with Crippen molar-refractivity contribution in [2.45, 2.75) is 26.4 Å². The maximum absolute atomic E-state index is 14.3. The van der Waals surface area contributed by atoms with Crippen LogP contribution in [0.3, 0.4) is 0 Å². The van der Waals surface area contributed by atoms with Gasteiger partial charge in [0.1, 0.15) is 36.4 Å². The summed E-state index contributed by atoms with van der Waals surface area (Å²) in [6.07, 6.45) is 11.1. The number of halogens is 1. The maximum atomic E-state index is 14.3. The van der Waals surface area contributed by atoms with E-state index in [1.54, 1.807) is 12.3 Å². The van der Waals surface area contributed by atoms with Crippen LogP contribution in [0.25, 0.3) is 17.0 Å². The van der Waals surface area contributed by atoms with Gasteiger partial charge in [-0.3, -0.25) is 5.10 Å². The van der Waals surface area contributed by atoms with Crippen molar-refractivity contribution >= 4 is 5.76 Å². The number of hydrogen-bond acceptors (Lipinski definition) is 4. The summed E-state index contributed by atoms with van der Waals surface area (Å²) in [4.78, 5) is 0. The zero-order chi connectivity index (χ0) is 22.6. The van der Waals surface area contributed by atoms with Crippen LogP contribution in [0.15, 0.2) is 90.6 Å². The van der Waals surface area contributed by atoms with Crippen LogP contribution in [0.4, 0.5) is 4.39 Å². The molecule has 0 amide bonds. The Morgan fingerprint density at radius 3 is 2.76 bits per heavy atom. The molecule has 6 heteroatoms. The van der Waals surface area contributed by atoms with E-state index >= 15 is 0 Å². The van der Waals surface area contributed by atoms with Crippen LogP contribution in [0, 0.1) is 12.7 Å². The predicted molar refractivity (Wildman–Crippen MR) is 124 cm³/mol. The smallest absolute Gasteiger partial charge is 0.173 e. The number of allylic oxidation sites excluding steroid dienone is 4. The Morgan fingerprint density at radius 1 is 1.09 bits per heavy atom. The monoisotopic (exact) mass is 442 g/mol. The fraction of sp³-hybridized carbons (Fsp3) is 0.148. The molecule has 33 heavy (non-hydrogen) atoms. The Bertz CT molecular complexity index is 1290. The number of aryl methyl sites for hydroxylation is 1. The van der Waals surface area contributed by atoms with E-state index in [2.05, 4.69) is 16.3 Å². The number of nitrogens with zero attached hydrogens (tertiary/aromatic N) is 1. The molecule has 0 unspecified atom stereocenters. The highest BCUT2D eigenvalue weighted by atomic mass is 19.1. The fourth-order valence-corrected chi connectivity index (χ4v) is 3.86. The first kappa shape index (κ1) is 20.8. The number of benzene rings is 2. The zero-order valence-corrected chi connectivity index (χ0v) is 18.2. The standard InChI is InChI=1S/C27H23FN2O3/c1-18-26(25-17-31-16-24(33-25)20-10-6-3-7-11-20)27(30-29-18)22-14-21(28)12-13-23(22)32-15-19-8-4-2-5-9-19/h2-6,8-10,12-14,16-17H,7,11,15H2,1H3,(H,29,30). The van der Waals surface area contributed by atoms with Crippen LogP contribution < -0.4 is 4.74 Å². The van der Waals surface area contributed by atoms with Gasteiger partial charge in [-0.05, 0) is 49.1 Å². The molecule has 0 atom stereocenters.